The van der Waals surface area contributed by atoms with E-state index in [1.807, 2.05) is 13.0 Å². The third kappa shape index (κ3) is 3.59. The van der Waals surface area contributed by atoms with Crippen LogP contribution < -0.4 is 9.46 Å². The molecule has 6 heteroatoms. The molecule has 0 spiro atoms. The first-order valence-corrected chi connectivity index (χ1v) is 7.50. The van der Waals surface area contributed by atoms with Gasteiger partial charge in [0.15, 0.2) is 11.6 Å². The fraction of sp³-hybridized carbons (Fsp3) is 0.545. The Kier molecular flexibility index (Phi) is 3.24. The van der Waals surface area contributed by atoms with E-state index in [9.17, 15) is 8.42 Å². The summed E-state index contributed by atoms with van der Waals surface area (Å²) in [6.45, 7) is 2.02. The van der Waals surface area contributed by atoms with Crippen molar-refractivity contribution in [2.45, 2.75) is 32.3 Å². The molecule has 1 fully saturated rings. The van der Waals surface area contributed by atoms with E-state index in [1.165, 1.54) is 0 Å². The van der Waals surface area contributed by atoms with Gasteiger partial charge in [-0.25, -0.2) is 13.4 Å². The average molecular weight is 256 g/mol. The third-order valence-electron chi connectivity index (χ3n) is 2.42. The molecule has 0 aromatic carbocycles. The first-order chi connectivity index (χ1) is 7.98. The zero-order valence-electron chi connectivity index (χ0n) is 9.93. The summed E-state index contributed by atoms with van der Waals surface area (Å²) in [6, 6.07) is 1.85. The predicted molar refractivity (Wildman–Crippen MR) is 65.7 cm³/mol. The second-order valence-electron chi connectivity index (χ2n) is 4.24. The molecule has 0 radical (unpaired) electrons. The van der Waals surface area contributed by atoms with Gasteiger partial charge < -0.3 is 4.74 Å². The number of hydrogen-bond acceptors (Lipinski definition) is 4. The van der Waals surface area contributed by atoms with Crippen LogP contribution in [0.3, 0.4) is 0 Å². The first-order valence-electron chi connectivity index (χ1n) is 5.61. The van der Waals surface area contributed by atoms with Crippen molar-refractivity contribution in [2.24, 2.45) is 0 Å². The van der Waals surface area contributed by atoms with Gasteiger partial charge in [0.2, 0.25) is 10.0 Å². The lowest BCUT2D eigenvalue weighted by Gasteiger charge is -2.11. The first kappa shape index (κ1) is 12.2. The van der Waals surface area contributed by atoms with Gasteiger partial charge in [0.1, 0.15) is 0 Å². The van der Waals surface area contributed by atoms with Crippen molar-refractivity contribution in [1.82, 2.24) is 4.98 Å². The standard InChI is InChI=1S/C11H16N2O3S/c1-3-8-6-10(16-9-4-5-9)11(12-7-8)13-17(2,14)15/h6-7,9H,3-5H2,1-2H3,(H,12,13). The maximum Gasteiger partial charge on any atom is 0.231 e. The molecule has 0 saturated heterocycles. The van der Waals surface area contributed by atoms with Crippen LogP contribution in [0.2, 0.25) is 0 Å². The van der Waals surface area contributed by atoms with Crippen LogP contribution in [0.25, 0.3) is 0 Å². The second-order valence-corrected chi connectivity index (χ2v) is 5.98. The van der Waals surface area contributed by atoms with Crippen LogP contribution in [0, 0.1) is 0 Å². The number of anilines is 1. The molecule has 0 bridgehead atoms. The number of sulfonamides is 1. The number of aryl methyl sites for hydroxylation is 1. The van der Waals surface area contributed by atoms with Gasteiger partial charge in [-0.05, 0) is 30.9 Å². The Morgan fingerprint density at radius 2 is 2.24 bits per heavy atom. The van der Waals surface area contributed by atoms with Crippen LogP contribution >= 0.6 is 0 Å². The molecule has 1 saturated carbocycles. The van der Waals surface area contributed by atoms with E-state index in [1.54, 1.807) is 6.20 Å². The van der Waals surface area contributed by atoms with Crippen molar-refractivity contribution in [3.63, 3.8) is 0 Å². The van der Waals surface area contributed by atoms with Gasteiger partial charge in [0.05, 0.1) is 12.4 Å². The SMILES string of the molecule is CCc1cnc(NS(C)(=O)=O)c(OC2CC2)c1. The fourth-order valence-electron chi connectivity index (χ4n) is 1.39. The van der Waals surface area contributed by atoms with Gasteiger partial charge >= 0.3 is 0 Å². The van der Waals surface area contributed by atoms with Crippen LogP contribution in [0.5, 0.6) is 5.75 Å². The number of ether oxygens (including phenoxy) is 1. The average Bonchev–Trinajstić information content (AvgIpc) is 3.02. The smallest absolute Gasteiger partial charge is 0.231 e. The van der Waals surface area contributed by atoms with E-state index in [4.69, 9.17) is 4.74 Å². The van der Waals surface area contributed by atoms with Crippen molar-refractivity contribution < 1.29 is 13.2 Å². The minimum absolute atomic E-state index is 0.212. The number of hydrogen-bond donors (Lipinski definition) is 1. The molecule has 1 aromatic heterocycles. The number of nitrogens with one attached hydrogen (secondary N) is 1. The maximum absolute atomic E-state index is 11.2. The summed E-state index contributed by atoms with van der Waals surface area (Å²) < 4.78 is 30.4. The van der Waals surface area contributed by atoms with Gasteiger partial charge in [-0.1, -0.05) is 6.92 Å². The predicted octanol–water partition coefficient (Wildman–Crippen LogP) is 1.56. The molecule has 5 nitrogen and oxygen atoms in total. The molecular formula is C11H16N2O3S. The molecule has 1 heterocycles. The monoisotopic (exact) mass is 256 g/mol. The molecule has 1 N–H and O–H groups in total. The Hall–Kier alpha value is -1.30. The van der Waals surface area contributed by atoms with E-state index >= 15 is 0 Å². The summed E-state index contributed by atoms with van der Waals surface area (Å²) in [5.74, 6) is 0.800. The molecule has 17 heavy (non-hydrogen) atoms. The minimum Gasteiger partial charge on any atom is -0.487 e. The molecule has 1 aliphatic carbocycles. The van der Waals surface area contributed by atoms with Gasteiger partial charge in [0, 0.05) is 6.20 Å². The van der Waals surface area contributed by atoms with Crippen LogP contribution in [0.4, 0.5) is 5.82 Å². The lowest BCUT2D eigenvalue weighted by atomic mass is 10.2. The lowest BCUT2D eigenvalue weighted by Crippen LogP contribution is -2.13. The summed E-state index contributed by atoms with van der Waals surface area (Å²) in [7, 11) is -3.33. The Morgan fingerprint density at radius 3 is 2.76 bits per heavy atom. The van der Waals surface area contributed by atoms with Crippen LogP contribution in [0.15, 0.2) is 12.3 Å². The second kappa shape index (κ2) is 4.52. The Labute approximate surface area is 101 Å². The van der Waals surface area contributed by atoms with Crippen molar-refractivity contribution in [1.29, 1.82) is 0 Å². The molecule has 0 atom stereocenters. The van der Waals surface area contributed by atoms with Crippen LogP contribution in [0.1, 0.15) is 25.3 Å². The molecule has 0 amide bonds. The summed E-state index contributed by atoms with van der Waals surface area (Å²) >= 11 is 0. The van der Waals surface area contributed by atoms with Gasteiger partial charge in [-0.3, -0.25) is 4.72 Å². The van der Waals surface area contributed by atoms with Crippen molar-refractivity contribution >= 4 is 15.8 Å². The molecule has 94 valence electrons. The van der Waals surface area contributed by atoms with Gasteiger partial charge in [-0.15, -0.1) is 0 Å². The van der Waals surface area contributed by atoms with Crippen molar-refractivity contribution in [2.75, 3.05) is 11.0 Å². The summed E-state index contributed by atoms with van der Waals surface area (Å²) in [6.07, 6.45) is 5.86. The summed E-state index contributed by atoms with van der Waals surface area (Å²) in [4.78, 5) is 4.10. The Bertz CT molecular complexity index is 509. The summed E-state index contributed by atoms with van der Waals surface area (Å²) in [5, 5.41) is 0. The Balaban J connectivity index is 2.28. The molecule has 2 rings (SSSR count). The van der Waals surface area contributed by atoms with Crippen LogP contribution in [-0.2, 0) is 16.4 Å². The fourth-order valence-corrected chi connectivity index (χ4v) is 1.89. The topological polar surface area (TPSA) is 68.3 Å². The lowest BCUT2D eigenvalue weighted by molar-refractivity contribution is 0.303. The van der Waals surface area contributed by atoms with Crippen molar-refractivity contribution in [3.8, 4) is 5.75 Å². The van der Waals surface area contributed by atoms with Crippen LogP contribution in [-0.4, -0.2) is 25.8 Å². The maximum atomic E-state index is 11.2. The summed E-state index contributed by atoms with van der Waals surface area (Å²) in [5.41, 5.74) is 1.03. The van der Waals surface area contributed by atoms with Gasteiger partial charge in [-0.2, -0.15) is 0 Å². The number of pyridine rings is 1. The van der Waals surface area contributed by atoms with Gasteiger partial charge in [0.25, 0.3) is 0 Å². The number of aromatic nitrogens is 1. The molecule has 1 aliphatic rings. The zero-order valence-corrected chi connectivity index (χ0v) is 10.8. The largest absolute Gasteiger partial charge is 0.487 e. The number of nitrogens with zero attached hydrogens (tertiary/aromatic N) is 1. The van der Waals surface area contributed by atoms with Crippen molar-refractivity contribution in [3.05, 3.63) is 17.8 Å². The number of rotatable bonds is 5. The molecule has 0 aliphatic heterocycles. The minimum atomic E-state index is -3.33. The molecule has 0 unspecified atom stereocenters. The molecular weight excluding hydrogens is 240 g/mol. The Morgan fingerprint density at radius 1 is 1.53 bits per heavy atom. The van der Waals surface area contributed by atoms with E-state index < -0.39 is 10.0 Å². The zero-order chi connectivity index (χ0) is 12.5. The molecule has 1 aromatic rings. The highest BCUT2D eigenvalue weighted by Crippen LogP contribution is 2.31. The highest BCUT2D eigenvalue weighted by Gasteiger charge is 2.25. The van der Waals surface area contributed by atoms with E-state index in [-0.39, 0.29) is 11.9 Å². The highest BCUT2D eigenvalue weighted by atomic mass is 32.2. The normalized spacial score (nSPS) is 15.6. The van der Waals surface area contributed by atoms with E-state index in [0.29, 0.717) is 5.75 Å². The van der Waals surface area contributed by atoms with E-state index in [2.05, 4.69) is 9.71 Å². The van der Waals surface area contributed by atoms with E-state index in [0.717, 1.165) is 31.1 Å². The third-order valence-corrected chi connectivity index (χ3v) is 2.98. The highest BCUT2D eigenvalue weighted by molar-refractivity contribution is 7.92. The quantitative estimate of drug-likeness (QED) is 0.868.